The molecule has 0 amide bonds. The van der Waals surface area contributed by atoms with Crippen molar-refractivity contribution in [1.82, 2.24) is 0 Å². The van der Waals surface area contributed by atoms with Crippen LogP contribution in [-0.2, 0) is 6.42 Å². The maximum atomic E-state index is 12.2. The summed E-state index contributed by atoms with van der Waals surface area (Å²) in [7, 11) is 0. The molecule has 0 unspecified atom stereocenters. The van der Waals surface area contributed by atoms with Crippen molar-refractivity contribution in [1.29, 1.82) is 0 Å². The molecule has 0 aliphatic heterocycles. The van der Waals surface area contributed by atoms with Crippen molar-refractivity contribution < 1.29 is 9.59 Å². The van der Waals surface area contributed by atoms with Gasteiger partial charge < -0.3 is 0 Å². The van der Waals surface area contributed by atoms with Crippen LogP contribution in [0.3, 0.4) is 0 Å². The summed E-state index contributed by atoms with van der Waals surface area (Å²) in [5, 5.41) is 0. The number of aryl methyl sites for hydroxylation is 1. The molecular weight excluding hydrogens is 248 g/mol. The molecule has 0 aromatic heterocycles. The zero-order valence-corrected chi connectivity index (χ0v) is 11.6. The Hall–Kier alpha value is -2.22. The third kappa shape index (κ3) is 3.41. The first-order valence-electron chi connectivity index (χ1n) is 6.91. The van der Waals surface area contributed by atoms with Crippen LogP contribution in [0, 0.1) is 0 Å². The summed E-state index contributed by atoms with van der Waals surface area (Å²) in [6.07, 6.45) is 1.36. The Labute approximate surface area is 119 Å². The van der Waals surface area contributed by atoms with Gasteiger partial charge in [-0.1, -0.05) is 61.5 Å². The van der Waals surface area contributed by atoms with Gasteiger partial charge in [-0.25, -0.2) is 0 Å². The molecule has 2 heteroatoms. The summed E-state index contributed by atoms with van der Waals surface area (Å²) in [6, 6.07) is 16.7. The monoisotopic (exact) mass is 266 g/mol. The van der Waals surface area contributed by atoms with Crippen LogP contribution < -0.4 is 0 Å². The Morgan fingerprint density at radius 1 is 0.800 bits per heavy atom. The molecule has 2 aromatic rings. The van der Waals surface area contributed by atoms with Crippen molar-refractivity contribution in [2.24, 2.45) is 0 Å². The SMILES string of the molecule is CCc1ccccc1C(=O)CCC(=O)c1ccccc1. The summed E-state index contributed by atoms with van der Waals surface area (Å²) in [5.41, 5.74) is 2.46. The van der Waals surface area contributed by atoms with E-state index >= 15 is 0 Å². The average Bonchev–Trinajstić information content (AvgIpc) is 2.53. The molecule has 0 radical (unpaired) electrons. The van der Waals surface area contributed by atoms with Crippen LogP contribution in [0.1, 0.15) is 46.0 Å². The quantitative estimate of drug-likeness (QED) is 0.738. The third-order valence-electron chi connectivity index (χ3n) is 3.37. The number of hydrogen-bond donors (Lipinski definition) is 0. The Kier molecular flexibility index (Phi) is 4.83. The zero-order valence-electron chi connectivity index (χ0n) is 11.6. The van der Waals surface area contributed by atoms with E-state index in [1.807, 2.05) is 49.4 Å². The molecule has 0 bridgehead atoms. The number of hydrogen-bond acceptors (Lipinski definition) is 2. The van der Waals surface area contributed by atoms with E-state index in [0.29, 0.717) is 5.56 Å². The second-order valence-electron chi connectivity index (χ2n) is 4.72. The molecule has 0 heterocycles. The number of carbonyl (C=O) groups is 2. The standard InChI is InChI=1S/C18H18O2/c1-2-14-8-6-7-11-16(14)18(20)13-12-17(19)15-9-4-3-5-10-15/h3-11H,2,12-13H2,1H3. The maximum absolute atomic E-state index is 12.2. The summed E-state index contributed by atoms with van der Waals surface area (Å²) in [5.74, 6) is 0.0691. The van der Waals surface area contributed by atoms with Crippen molar-refractivity contribution in [3.63, 3.8) is 0 Å². The number of rotatable bonds is 6. The topological polar surface area (TPSA) is 34.1 Å². The number of benzene rings is 2. The lowest BCUT2D eigenvalue weighted by Crippen LogP contribution is -2.07. The molecule has 0 N–H and O–H groups in total. The average molecular weight is 266 g/mol. The second kappa shape index (κ2) is 6.80. The molecule has 0 aliphatic carbocycles. The number of Topliss-reactive ketones (excluding diaryl/α,β-unsaturated/α-hetero) is 2. The van der Waals surface area contributed by atoms with Crippen LogP contribution in [-0.4, -0.2) is 11.6 Å². The van der Waals surface area contributed by atoms with Gasteiger partial charge in [0.05, 0.1) is 0 Å². The molecule has 0 saturated carbocycles. The fraction of sp³-hybridized carbons (Fsp3) is 0.222. The van der Waals surface area contributed by atoms with Crippen LogP contribution >= 0.6 is 0 Å². The van der Waals surface area contributed by atoms with Crippen molar-refractivity contribution in [3.8, 4) is 0 Å². The minimum atomic E-state index is 0.0212. The Bertz CT molecular complexity index is 600. The van der Waals surface area contributed by atoms with Gasteiger partial charge >= 0.3 is 0 Å². The first-order chi connectivity index (χ1) is 9.72. The first-order valence-corrected chi connectivity index (χ1v) is 6.91. The zero-order chi connectivity index (χ0) is 14.4. The van der Waals surface area contributed by atoms with Gasteiger partial charge in [-0.15, -0.1) is 0 Å². The predicted octanol–water partition coefficient (Wildman–Crippen LogP) is 4.09. The van der Waals surface area contributed by atoms with E-state index in [9.17, 15) is 9.59 Å². The fourth-order valence-electron chi connectivity index (χ4n) is 2.23. The lowest BCUT2D eigenvalue weighted by atomic mass is 9.97. The van der Waals surface area contributed by atoms with Crippen molar-refractivity contribution in [2.75, 3.05) is 0 Å². The molecule has 0 fully saturated rings. The van der Waals surface area contributed by atoms with Crippen molar-refractivity contribution in [3.05, 3.63) is 71.3 Å². The molecule has 102 valence electrons. The van der Waals surface area contributed by atoms with Gasteiger partial charge in [0.1, 0.15) is 0 Å². The van der Waals surface area contributed by atoms with Gasteiger partial charge in [-0.05, 0) is 12.0 Å². The molecule has 2 rings (SSSR count). The van der Waals surface area contributed by atoms with E-state index in [1.165, 1.54) is 0 Å². The largest absolute Gasteiger partial charge is 0.294 e. The first kappa shape index (κ1) is 14.2. The Morgan fingerprint density at radius 2 is 1.40 bits per heavy atom. The van der Waals surface area contributed by atoms with Crippen molar-refractivity contribution in [2.45, 2.75) is 26.2 Å². The van der Waals surface area contributed by atoms with Gasteiger partial charge in [0.15, 0.2) is 11.6 Å². The summed E-state index contributed by atoms with van der Waals surface area (Å²) in [4.78, 5) is 24.2. The molecule has 0 saturated heterocycles. The lowest BCUT2D eigenvalue weighted by Gasteiger charge is -2.06. The highest BCUT2D eigenvalue weighted by molar-refractivity contribution is 6.02. The molecule has 0 spiro atoms. The van der Waals surface area contributed by atoms with Crippen LogP contribution in [0.25, 0.3) is 0 Å². The highest BCUT2D eigenvalue weighted by atomic mass is 16.1. The second-order valence-corrected chi connectivity index (χ2v) is 4.72. The smallest absolute Gasteiger partial charge is 0.163 e. The van der Waals surface area contributed by atoms with E-state index in [1.54, 1.807) is 12.1 Å². The minimum Gasteiger partial charge on any atom is -0.294 e. The normalized spacial score (nSPS) is 10.2. The third-order valence-corrected chi connectivity index (χ3v) is 3.37. The Balaban J connectivity index is 2.01. The minimum absolute atomic E-state index is 0.0212. The molecular formula is C18H18O2. The molecule has 0 atom stereocenters. The molecule has 20 heavy (non-hydrogen) atoms. The van der Waals surface area contributed by atoms with Gasteiger partial charge in [-0.3, -0.25) is 9.59 Å². The van der Waals surface area contributed by atoms with Gasteiger partial charge in [0, 0.05) is 24.0 Å². The highest BCUT2D eigenvalue weighted by Crippen LogP contribution is 2.14. The van der Waals surface area contributed by atoms with E-state index in [4.69, 9.17) is 0 Å². The lowest BCUT2D eigenvalue weighted by molar-refractivity contribution is 0.0917. The van der Waals surface area contributed by atoms with Gasteiger partial charge in [-0.2, -0.15) is 0 Å². The van der Waals surface area contributed by atoms with E-state index in [2.05, 4.69) is 0 Å². The highest BCUT2D eigenvalue weighted by Gasteiger charge is 2.12. The Morgan fingerprint density at radius 3 is 2.10 bits per heavy atom. The van der Waals surface area contributed by atoms with Crippen LogP contribution in [0.2, 0.25) is 0 Å². The van der Waals surface area contributed by atoms with Crippen LogP contribution in [0.15, 0.2) is 54.6 Å². The van der Waals surface area contributed by atoms with Crippen molar-refractivity contribution >= 4 is 11.6 Å². The summed E-state index contributed by atoms with van der Waals surface area (Å²) < 4.78 is 0. The van der Waals surface area contributed by atoms with E-state index in [0.717, 1.165) is 17.5 Å². The number of carbonyl (C=O) groups excluding carboxylic acids is 2. The van der Waals surface area contributed by atoms with Gasteiger partial charge in [0.2, 0.25) is 0 Å². The maximum Gasteiger partial charge on any atom is 0.163 e. The molecule has 2 aromatic carbocycles. The van der Waals surface area contributed by atoms with Crippen LogP contribution in [0.4, 0.5) is 0 Å². The molecule has 0 aliphatic rings. The van der Waals surface area contributed by atoms with Crippen LogP contribution in [0.5, 0.6) is 0 Å². The predicted molar refractivity (Wildman–Crippen MR) is 80.2 cm³/mol. The van der Waals surface area contributed by atoms with E-state index in [-0.39, 0.29) is 24.4 Å². The number of ketones is 2. The summed E-state index contributed by atoms with van der Waals surface area (Å²) in [6.45, 7) is 2.03. The van der Waals surface area contributed by atoms with E-state index < -0.39 is 0 Å². The molecule has 2 nitrogen and oxygen atoms in total. The summed E-state index contributed by atoms with van der Waals surface area (Å²) >= 11 is 0. The fourth-order valence-corrected chi connectivity index (χ4v) is 2.23. The van der Waals surface area contributed by atoms with Gasteiger partial charge in [0.25, 0.3) is 0 Å².